The SMILES string of the molecule is CCNC(CC)c1nnc(C2C(C)OC(C)C2C)o1. The van der Waals surface area contributed by atoms with Crippen LogP contribution in [0.15, 0.2) is 4.42 Å². The molecule has 5 atom stereocenters. The number of nitrogens with zero attached hydrogens (tertiary/aromatic N) is 2. The first-order valence-electron chi connectivity index (χ1n) is 7.30. The van der Waals surface area contributed by atoms with Gasteiger partial charge in [0.15, 0.2) is 0 Å². The molecule has 1 fully saturated rings. The van der Waals surface area contributed by atoms with E-state index in [1.54, 1.807) is 0 Å². The third kappa shape index (κ3) is 2.82. The van der Waals surface area contributed by atoms with Gasteiger partial charge in [0.25, 0.3) is 0 Å². The summed E-state index contributed by atoms with van der Waals surface area (Å²) in [6.07, 6.45) is 1.32. The van der Waals surface area contributed by atoms with Gasteiger partial charge in [0.1, 0.15) is 0 Å². The number of nitrogens with one attached hydrogen (secondary N) is 1. The van der Waals surface area contributed by atoms with E-state index in [0.717, 1.165) is 18.9 Å². The van der Waals surface area contributed by atoms with Crippen LogP contribution in [0.5, 0.6) is 0 Å². The van der Waals surface area contributed by atoms with E-state index >= 15 is 0 Å². The maximum Gasteiger partial charge on any atom is 0.233 e. The molecule has 1 aromatic heterocycles. The van der Waals surface area contributed by atoms with Gasteiger partial charge in [0.05, 0.1) is 24.2 Å². The van der Waals surface area contributed by atoms with Gasteiger partial charge < -0.3 is 14.5 Å². The predicted octanol–water partition coefficient (Wildman–Crippen LogP) is 2.66. The summed E-state index contributed by atoms with van der Waals surface area (Å²) in [6, 6.07) is 0.150. The lowest BCUT2D eigenvalue weighted by Gasteiger charge is -2.14. The van der Waals surface area contributed by atoms with E-state index in [-0.39, 0.29) is 24.2 Å². The smallest absolute Gasteiger partial charge is 0.233 e. The zero-order valence-electron chi connectivity index (χ0n) is 12.5. The van der Waals surface area contributed by atoms with Crippen LogP contribution in [0.2, 0.25) is 0 Å². The molecule has 5 nitrogen and oxygen atoms in total. The highest BCUT2D eigenvalue weighted by Crippen LogP contribution is 2.39. The van der Waals surface area contributed by atoms with E-state index in [0.29, 0.717) is 11.8 Å². The number of hydrogen-bond acceptors (Lipinski definition) is 5. The molecule has 1 aliphatic rings. The minimum Gasteiger partial charge on any atom is -0.423 e. The minimum atomic E-state index is 0.137. The van der Waals surface area contributed by atoms with E-state index < -0.39 is 0 Å². The van der Waals surface area contributed by atoms with E-state index in [4.69, 9.17) is 9.15 Å². The van der Waals surface area contributed by atoms with Crippen LogP contribution in [-0.2, 0) is 4.74 Å². The lowest BCUT2D eigenvalue weighted by molar-refractivity contribution is 0.0544. The Hall–Kier alpha value is -0.940. The molecule has 19 heavy (non-hydrogen) atoms. The fraction of sp³-hybridized carbons (Fsp3) is 0.857. The highest BCUT2D eigenvalue weighted by atomic mass is 16.5. The van der Waals surface area contributed by atoms with Crippen LogP contribution >= 0.6 is 0 Å². The second kappa shape index (κ2) is 6.01. The van der Waals surface area contributed by atoms with E-state index in [9.17, 15) is 0 Å². The van der Waals surface area contributed by atoms with Crippen molar-refractivity contribution in [3.8, 4) is 0 Å². The van der Waals surface area contributed by atoms with E-state index in [2.05, 4.69) is 50.1 Å². The normalized spacial score (nSPS) is 32.7. The molecule has 1 aliphatic heterocycles. The van der Waals surface area contributed by atoms with Crippen molar-refractivity contribution in [1.82, 2.24) is 15.5 Å². The van der Waals surface area contributed by atoms with Gasteiger partial charge in [0.2, 0.25) is 11.8 Å². The van der Waals surface area contributed by atoms with Crippen molar-refractivity contribution in [1.29, 1.82) is 0 Å². The Morgan fingerprint density at radius 3 is 2.42 bits per heavy atom. The van der Waals surface area contributed by atoms with Gasteiger partial charge in [-0.15, -0.1) is 10.2 Å². The van der Waals surface area contributed by atoms with Gasteiger partial charge in [-0.1, -0.05) is 20.8 Å². The van der Waals surface area contributed by atoms with Gasteiger partial charge in [-0.25, -0.2) is 0 Å². The second-order valence-corrected chi connectivity index (χ2v) is 5.43. The molecule has 0 spiro atoms. The van der Waals surface area contributed by atoms with Crippen LogP contribution < -0.4 is 5.32 Å². The van der Waals surface area contributed by atoms with Crippen molar-refractivity contribution in [2.75, 3.05) is 6.54 Å². The molecule has 0 radical (unpaired) electrons. The highest BCUT2D eigenvalue weighted by molar-refractivity contribution is 5.03. The number of hydrogen-bond donors (Lipinski definition) is 1. The topological polar surface area (TPSA) is 60.2 Å². The van der Waals surface area contributed by atoms with Crippen LogP contribution in [0.1, 0.15) is 64.8 Å². The zero-order chi connectivity index (χ0) is 14.0. The lowest BCUT2D eigenvalue weighted by Crippen LogP contribution is -2.20. The Labute approximate surface area is 115 Å². The van der Waals surface area contributed by atoms with E-state index in [1.165, 1.54) is 0 Å². The molecule has 1 saturated heterocycles. The Morgan fingerprint density at radius 2 is 1.89 bits per heavy atom. The molecule has 2 heterocycles. The summed E-state index contributed by atoms with van der Waals surface area (Å²) in [5, 5.41) is 11.8. The maximum absolute atomic E-state index is 5.90. The molecule has 108 valence electrons. The monoisotopic (exact) mass is 267 g/mol. The first kappa shape index (κ1) is 14.5. The van der Waals surface area contributed by atoms with Crippen molar-refractivity contribution >= 4 is 0 Å². The molecule has 5 unspecified atom stereocenters. The first-order chi connectivity index (χ1) is 9.08. The summed E-state index contributed by atoms with van der Waals surface area (Å²) in [4.78, 5) is 0. The van der Waals surface area contributed by atoms with Gasteiger partial charge in [-0.3, -0.25) is 0 Å². The van der Waals surface area contributed by atoms with Crippen LogP contribution in [0.25, 0.3) is 0 Å². The number of rotatable bonds is 5. The average molecular weight is 267 g/mol. The average Bonchev–Trinajstić information content (AvgIpc) is 2.93. The van der Waals surface area contributed by atoms with Crippen molar-refractivity contribution < 1.29 is 9.15 Å². The summed E-state index contributed by atoms with van der Waals surface area (Å²) in [5.74, 6) is 2.02. The second-order valence-electron chi connectivity index (χ2n) is 5.43. The van der Waals surface area contributed by atoms with Crippen LogP contribution in [0, 0.1) is 5.92 Å². The summed E-state index contributed by atoms with van der Waals surface area (Å²) >= 11 is 0. The molecule has 0 bridgehead atoms. The Bertz CT molecular complexity index is 407. The van der Waals surface area contributed by atoms with Crippen molar-refractivity contribution in [3.05, 3.63) is 11.8 Å². The predicted molar refractivity (Wildman–Crippen MR) is 72.9 cm³/mol. The fourth-order valence-electron chi connectivity index (χ4n) is 2.87. The molecule has 0 aromatic carbocycles. The number of aromatic nitrogens is 2. The maximum atomic E-state index is 5.90. The summed E-state index contributed by atoms with van der Waals surface area (Å²) in [6.45, 7) is 11.5. The van der Waals surface area contributed by atoms with Crippen LogP contribution in [0.4, 0.5) is 0 Å². The summed E-state index contributed by atoms with van der Waals surface area (Å²) in [7, 11) is 0. The summed E-state index contributed by atoms with van der Waals surface area (Å²) < 4.78 is 11.7. The Morgan fingerprint density at radius 1 is 1.16 bits per heavy atom. The largest absolute Gasteiger partial charge is 0.423 e. The molecule has 0 amide bonds. The Kier molecular flexibility index (Phi) is 4.58. The summed E-state index contributed by atoms with van der Waals surface area (Å²) in [5.41, 5.74) is 0. The molecule has 1 N–H and O–H groups in total. The van der Waals surface area contributed by atoms with Gasteiger partial charge in [0, 0.05) is 0 Å². The Balaban J connectivity index is 2.16. The van der Waals surface area contributed by atoms with Crippen LogP contribution in [-0.4, -0.2) is 29.0 Å². The molecule has 5 heteroatoms. The van der Waals surface area contributed by atoms with Crippen molar-refractivity contribution in [2.24, 2.45) is 5.92 Å². The molecule has 0 saturated carbocycles. The van der Waals surface area contributed by atoms with Gasteiger partial charge >= 0.3 is 0 Å². The van der Waals surface area contributed by atoms with Gasteiger partial charge in [-0.2, -0.15) is 0 Å². The highest BCUT2D eigenvalue weighted by Gasteiger charge is 2.41. The third-order valence-corrected chi connectivity index (χ3v) is 4.14. The quantitative estimate of drug-likeness (QED) is 0.888. The molecule has 2 rings (SSSR count). The molecule has 0 aliphatic carbocycles. The van der Waals surface area contributed by atoms with Gasteiger partial charge in [-0.05, 0) is 32.7 Å². The minimum absolute atomic E-state index is 0.137. The molecular weight excluding hydrogens is 242 g/mol. The van der Waals surface area contributed by atoms with Crippen molar-refractivity contribution in [2.45, 2.75) is 65.2 Å². The third-order valence-electron chi connectivity index (χ3n) is 4.14. The van der Waals surface area contributed by atoms with Crippen LogP contribution in [0.3, 0.4) is 0 Å². The van der Waals surface area contributed by atoms with E-state index in [1.807, 2.05) is 0 Å². The van der Waals surface area contributed by atoms with Crippen molar-refractivity contribution in [3.63, 3.8) is 0 Å². The standard InChI is InChI=1S/C14H25N3O2/c1-6-11(15-7-2)13-16-17-14(19-13)12-8(3)9(4)18-10(12)5/h8-12,15H,6-7H2,1-5H3. The lowest BCUT2D eigenvalue weighted by atomic mass is 9.89. The zero-order valence-corrected chi connectivity index (χ0v) is 12.5. The number of ether oxygens (including phenoxy) is 1. The first-order valence-corrected chi connectivity index (χ1v) is 7.30. The fourth-order valence-corrected chi connectivity index (χ4v) is 2.87. The molecule has 1 aromatic rings. The molecular formula is C14H25N3O2.